The van der Waals surface area contributed by atoms with E-state index in [9.17, 15) is 4.79 Å². The molecule has 0 saturated heterocycles. The third kappa shape index (κ3) is 1.50. The van der Waals surface area contributed by atoms with Crippen molar-refractivity contribution in [2.75, 3.05) is 26.0 Å². The molecule has 3 nitrogen and oxygen atoms in total. The summed E-state index contributed by atoms with van der Waals surface area (Å²) in [6.07, 6.45) is 1.87. The Labute approximate surface area is 89.6 Å². The van der Waals surface area contributed by atoms with Crippen LogP contribution >= 0.6 is 0 Å². The molecule has 1 aromatic carbocycles. The second-order valence-electron chi connectivity index (χ2n) is 3.89. The minimum atomic E-state index is 0.0601. The summed E-state index contributed by atoms with van der Waals surface area (Å²) in [6, 6.07) is 7.84. The minimum absolute atomic E-state index is 0.0601. The van der Waals surface area contributed by atoms with E-state index < -0.39 is 0 Å². The summed E-state index contributed by atoms with van der Waals surface area (Å²) < 4.78 is 0. The predicted molar refractivity (Wildman–Crippen MR) is 61.5 cm³/mol. The lowest BCUT2D eigenvalue weighted by Crippen LogP contribution is -2.21. The van der Waals surface area contributed by atoms with Crippen molar-refractivity contribution in [3.8, 4) is 0 Å². The molecule has 0 aromatic heterocycles. The van der Waals surface area contributed by atoms with Crippen LogP contribution in [-0.4, -0.2) is 32.0 Å². The third-order valence-corrected chi connectivity index (χ3v) is 2.48. The van der Waals surface area contributed by atoms with Gasteiger partial charge in [-0.1, -0.05) is 18.2 Å². The number of anilines is 1. The Morgan fingerprint density at radius 2 is 1.93 bits per heavy atom. The highest BCUT2D eigenvalue weighted by Gasteiger charge is 2.29. The number of fused-ring (bicyclic) bond motifs is 1. The molecule has 3 heteroatoms. The van der Waals surface area contributed by atoms with Crippen molar-refractivity contribution in [1.82, 2.24) is 4.90 Å². The monoisotopic (exact) mass is 202 g/mol. The molecule has 1 aliphatic heterocycles. The van der Waals surface area contributed by atoms with Crippen molar-refractivity contribution in [3.05, 3.63) is 36.0 Å². The number of carbonyl (C=O) groups excluding carboxylic acids is 1. The van der Waals surface area contributed by atoms with E-state index in [1.165, 1.54) is 0 Å². The van der Waals surface area contributed by atoms with Crippen LogP contribution in [0.3, 0.4) is 0 Å². The Balaban J connectivity index is 2.56. The summed E-state index contributed by atoms with van der Waals surface area (Å²) in [4.78, 5) is 15.5. The molecule has 0 radical (unpaired) electrons. The fourth-order valence-electron chi connectivity index (χ4n) is 1.78. The van der Waals surface area contributed by atoms with Crippen molar-refractivity contribution in [3.63, 3.8) is 0 Å². The number of amides is 1. The molecule has 0 spiro atoms. The van der Waals surface area contributed by atoms with Gasteiger partial charge in [0.25, 0.3) is 5.91 Å². The van der Waals surface area contributed by atoms with Crippen molar-refractivity contribution < 1.29 is 4.79 Å². The van der Waals surface area contributed by atoms with Gasteiger partial charge in [-0.2, -0.15) is 0 Å². The number of benzene rings is 1. The summed E-state index contributed by atoms with van der Waals surface area (Å²) in [5.41, 5.74) is 2.76. The highest BCUT2D eigenvalue weighted by Crippen LogP contribution is 2.35. The maximum Gasteiger partial charge on any atom is 0.260 e. The number of likely N-dealkylation sites (N-methyl/N-ethyl adjacent to an activating group) is 1. The fraction of sp³-hybridized carbons (Fsp3) is 0.250. The van der Waals surface area contributed by atoms with Gasteiger partial charge >= 0.3 is 0 Å². The highest BCUT2D eigenvalue weighted by atomic mass is 16.2. The molecule has 0 saturated carbocycles. The molecule has 15 heavy (non-hydrogen) atoms. The van der Waals surface area contributed by atoms with Gasteiger partial charge in [0.1, 0.15) is 0 Å². The first-order valence-corrected chi connectivity index (χ1v) is 4.87. The van der Waals surface area contributed by atoms with Gasteiger partial charge in [-0.25, -0.2) is 0 Å². The molecule has 0 fully saturated rings. The maximum absolute atomic E-state index is 11.9. The highest BCUT2D eigenvalue weighted by molar-refractivity contribution is 6.32. The Morgan fingerprint density at radius 3 is 2.60 bits per heavy atom. The Bertz CT molecular complexity index is 435. The normalized spacial score (nSPS) is 17.1. The van der Waals surface area contributed by atoms with Crippen LogP contribution in [0.2, 0.25) is 0 Å². The molecule has 0 atom stereocenters. The summed E-state index contributed by atoms with van der Waals surface area (Å²) in [7, 11) is 5.64. The van der Waals surface area contributed by atoms with E-state index >= 15 is 0 Å². The largest absolute Gasteiger partial charge is 0.383 e. The van der Waals surface area contributed by atoms with Crippen molar-refractivity contribution >= 4 is 17.2 Å². The zero-order valence-corrected chi connectivity index (χ0v) is 9.19. The lowest BCUT2D eigenvalue weighted by atomic mass is 10.1. The van der Waals surface area contributed by atoms with Crippen LogP contribution in [0.1, 0.15) is 5.56 Å². The molecule has 2 rings (SSSR count). The maximum atomic E-state index is 11.9. The van der Waals surface area contributed by atoms with Gasteiger partial charge in [-0.05, 0) is 6.07 Å². The summed E-state index contributed by atoms with van der Waals surface area (Å²) in [6.45, 7) is 0. The van der Waals surface area contributed by atoms with Gasteiger partial charge in [-0.15, -0.1) is 0 Å². The van der Waals surface area contributed by atoms with E-state index in [4.69, 9.17) is 0 Å². The van der Waals surface area contributed by atoms with Crippen LogP contribution in [0.5, 0.6) is 0 Å². The van der Waals surface area contributed by atoms with E-state index in [0.29, 0.717) is 0 Å². The molecular weight excluding hydrogens is 188 g/mol. The molecule has 0 aliphatic carbocycles. The Kier molecular flexibility index (Phi) is 2.23. The topological polar surface area (TPSA) is 23.6 Å². The second kappa shape index (κ2) is 3.42. The van der Waals surface area contributed by atoms with E-state index in [0.717, 1.165) is 16.8 Å². The molecule has 78 valence electrons. The number of nitrogens with zero attached hydrogens (tertiary/aromatic N) is 2. The lowest BCUT2D eigenvalue weighted by molar-refractivity contribution is -0.112. The molecular formula is C12H14N2O. The first kappa shape index (κ1) is 9.77. The molecule has 1 aromatic rings. The zero-order valence-electron chi connectivity index (χ0n) is 9.19. The van der Waals surface area contributed by atoms with Crippen LogP contribution in [-0.2, 0) is 4.79 Å². The van der Waals surface area contributed by atoms with E-state index in [1.807, 2.05) is 49.5 Å². The number of para-hydroxylation sites is 1. The number of hydrogen-bond acceptors (Lipinski definition) is 2. The summed E-state index contributed by atoms with van der Waals surface area (Å²) in [5, 5.41) is 0. The lowest BCUT2D eigenvalue weighted by Gasteiger charge is -2.08. The summed E-state index contributed by atoms with van der Waals surface area (Å²) >= 11 is 0. The van der Waals surface area contributed by atoms with Crippen molar-refractivity contribution in [2.45, 2.75) is 0 Å². The van der Waals surface area contributed by atoms with Crippen LogP contribution in [0.4, 0.5) is 5.69 Å². The average molecular weight is 202 g/mol. The van der Waals surface area contributed by atoms with Crippen molar-refractivity contribution in [1.29, 1.82) is 0 Å². The van der Waals surface area contributed by atoms with E-state index in [2.05, 4.69) is 0 Å². The number of hydrogen-bond donors (Lipinski definition) is 0. The SMILES string of the molecule is CN(C)/C=C1\C(=O)N(C)c2ccccc21. The van der Waals surface area contributed by atoms with Crippen molar-refractivity contribution in [2.24, 2.45) is 0 Å². The smallest absolute Gasteiger partial charge is 0.260 e. The van der Waals surface area contributed by atoms with Crippen LogP contribution < -0.4 is 4.90 Å². The molecule has 1 aliphatic rings. The quantitative estimate of drug-likeness (QED) is 0.645. The molecule has 0 bridgehead atoms. The van der Waals surface area contributed by atoms with E-state index in [1.54, 1.807) is 11.9 Å². The molecule has 0 N–H and O–H groups in total. The standard InChI is InChI=1S/C12H14N2O/c1-13(2)8-10-9-6-4-5-7-11(9)14(3)12(10)15/h4-8H,1-3H3/b10-8-. The van der Waals surface area contributed by atoms with Gasteiger partial charge in [0.2, 0.25) is 0 Å². The van der Waals surface area contributed by atoms with Gasteiger partial charge in [-0.3, -0.25) is 4.79 Å². The molecule has 1 amide bonds. The number of rotatable bonds is 1. The van der Waals surface area contributed by atoms with Gasteiger partial charge in [0, 0.05) is 32.9 Å². The molecule has 1 heterocycles. The predicted octanol–water partition coefficient (Wildman–Crippen LogP) is 1.57. The zero-order chi connectivity index (χ0) is 11.0. The fourth-order valence-corrected chi connectivity index (χ4v) is 1.78. The number of carbonyl (C=O) groups is 1. The first-order valence-electron chi connectivity index (χ1n) is 4.87. The molecule has 0 unspecified atom stereocenters. The second-order valence-corrected chi connectivity index (χ2v) is 3.89. The average Bonchev–Trinajstić information content (AvgIpc) is 2.44. The summed E-state index contributed by atoms with van der Waals surface area (Å²) in [5.74, 6) is 0.0601. The van der Waals surface area contributed by atoms with Crippen LogP contribution in [0.15, 0.2) is 30.5 Å². The van der Waals surface area contributed by atoms with Crippen LogP contribution in [0, 0.1) is 0 Å². The third-order valence-electron chi connectivity index (χ3n) is 2.48. The first-order chi connectivity index (χ1) is 7.11. The van der Waals surface area contributed by atoms with Gasteiger partial charge in [0.15, 0.2) is 0 Å². The Morgan fingerprint density at radius 1 is 1.27 bits per heavy atom. The van der Waals surface area contributed by atoms with Crippen LogP contribution in [0.25, 0.3) is 5.57 Å². The van der Waals surface area contributed by atoms with Gasteiger partial charge in [0.05, 0.1) is 11.3 Å². The Hall–Kier alpha value is -1.77. The minimum Gasteiger partial charge on any atom is -0.383 e. The van der Waals surface area contributed by atoms with Gasteiger partial charge < -0.3 is 9.80 Å². The van der Waals surface area contributed by atoms with E-state index in [-0.39, 0.29) is 5.91 Å².